The predicted molar refractivity (Wildman–Crippen MR) is 76.4 cm³/mol. The van der Waals surface area contributed by atoms with E-state index in [1.54, 1.807) is 11.3 Å². The van der Waals surface area contributed by atoms with Gasteiger partial charge in [0.15, 0.2) is 0 Å². The zero-order chi connectivity index (χ0) is 12.1. The molecule has 1 unspecified atom stereocenters. The quantitative estimate of drug-likeness (QED) is 0.858. The number of hydrogen-bond acceptors (Lipinski definition) is 2. The van der Waals surface area contributed by atoms with Crippen molar-refractivity contribution in [1.82, 2.24) is 0 Å². The van der Waals surface area contributed by atoms with Crippen LogP contribution < -0.4 is 0 Å². The monoisotopic (exact) mass is 310 g/mol. The van der Waals surface area contributed by atoms with Crippen LogP contribution in [0.4, 0.5) is 0 Å². The third kappa shape index (κ3) is 3.66. The standard InChI is InChI=1S/C14H15BrOS/c15-13-10-17-9-12(13)14(16)8-4-7-11-5-2-1-3-6-11/h1-3,5-6,9-10,14,16H,4,7-8H2. The zero-order valence-corrected chi connectivity index (χ0v) is 11.9. The lowest BCUT2D eigenvalue weighted by Crippen LogP contribution is -1.97. The van der Waals surface area contributed by atoms with Gasteiger partial charge in [0, 0.05) is 15.4 Å². The van der Waals surface area contributed by atoms with Crippen LogP contribution in [0.15, 0.2) is 45.6 Å². The number of thiophene rings is 1. The van der Waals surface area contributed by atoms with Crippen molar-refractivity contribution in [2.75, 3.05) is 0 Å². The summed E-state index contributed by atoms with van der Waals surface area (Å²) in [7, 11) is 0. The van der Waals surface area contributed by atoms with Crippen LogP contribution in [0.1, 0.15) is 30.1 Å². The van der Waals surface area contributed by atoms with Crippen LogP contribution in [0.3, 0.4) is 0 Å². The van der Waals surface area contributed by atoms with Crippen LogP contribution in [-0.2, 0) is 6.42 Å². The molecule has 1 atom stereocenters. The van der Waals surface area contributed by atoms with Gasteiger partial charge in [0.2, 0.25) is 0 Å². The molecule has 2 aromatic rings. The minimum Gasteiger partial charge on any atom is -0.388 e. The highest BCUT2D eigenvalue weighted by Gasteiger charge is 2.11. The van der Waals surface area contributed by atoms with Gasteiger partial charge in [-0.25, -0.2) is 0 Å². The molecule has 0 aliphatic heterocycles. The molecule has 0 saturated heterocycles. The van der Waals surface area contributed by atoms with E-state index >= 15 is 0 Å². The molecule has 0 aliphatic rings. The van der Waals surface area contributed by atoms with E-state index in [4.69, 9.17) is 0 Å². The first-order valence-electron chi connectivity index (χ1n) is 5.71. The summed E-state index contributed by atoms with van der Waals surface area (Å²) in [6.07, 6.45) is 2.50. The number of aliphatic hydroxyl groups excluding tert-OH is 1. The molecule has 1 heterocycles. The molecule has 0 fully saturated rings. The van der Waals surface area contributed by atoms with Gasteiger partial charge in [0.1, 0.15) is 0 Å². The van der Waals surface area contributed by atoms with Crippen molar-refractivity contribution < 1.29 is 5.11 Å². The van der Waals surface area contributed by atoms with Crippen molar-refractivity contribution >= 4 is 27.3 Å². The second-order valence-electron chi connectivity index (χ2n) is 4.07. The van der Waals surface area contributed by atoms with Gasteiger partial charge in [-0.1, -0.05) is 30.3 Å². The molecule has 90 valence electrons. The number of aliphatic hydroxyl groups is 1. The van der Waals surface area contributed by atoms with Crippen LogP contribution in [0, 0.1) is 0 Å². The second-order valence-corrected chi connectivity index (χ2v) is 5.67. The molecule has 3 heteroatoms. The maximum Gasteiger partial charge on any atom is 0.0809 e. The van der Waals surface area contributed by atoms with Crippen LogP contribution in [0.25, 0.3) is 0 Å². The van der Waals surface area contributed by atoms with Crippen LogP contribution >= 0.6 is 27.3 Å². The minimum absolute atomic E-state index is 0.348. The summed E-state index contributed by atoms with van der Waals surface area (Å²) >= 11 is 5.07. The molecule has 17 heavy (non-hydrogen) atoms. The average Bonchev–Trinajstić information content (AvgIpc) is 2.77. The SMILES string of the molecule is OC(CCCc1ccccc1)c1cscc1Br. The molecule has 0 radical (unpaired) electrons. The third-order valence-electron chi connectivity index (χ3n) is 2.79. The van der Waals surface area contributed by atoms with E-state index < -0.39 is 0 Å². The van der Waals surface area contributed by atoms with Crippen molar-refractivity contribution in [3.05, 3.63) is 56.7 Å². The van der Waals surface area contributed by atoms with Gasteiger partial charge in [-0.2, -0.15) is 11.3 Å². The Labute approximate surface area is 114 Å². The van der Waals surface area contributed by atoms with E-state index in [1.165, 1.54) is 5.56 Å². The fraction of sp³-hybridized carbons (Fsp3) is 0.286. The summed E-state index contributed by atoms with van der Waals surface area (Å²) < 4.78 is 1.02. The Morgan fingerprint density at radius 2 is 1.94 bits per heavy atom. The highest BCUT2D eigenvalue weighted by molar-refractivity contribution is 9.10. The number of benzene rings is 1. The predicted octanol–water partition coefficient (Wildman–Crippen LogP) is 4.57. The van der Waals surface area contributed by atoms with E-state index in [-0.39, 0.29) is 6.10 Å². The topological polar surface area (TPSA) is 20.2 Å². The van der Waals surface area contributed by atoms with Gasteiger partial charge in [-0.15, -0.1) is 0 Å². The van der Waals surface area contributed by atoms with Crippen molar-refractivity contribution in [3.8, 4) is 0 Å². The molecule has 0 aliphatic carbocycles. The Bertz CT molecular complexity index is 452. The third-order valence-corrected chi connectivity index (χ3v) is 4.54. The summed E-state index contributed by atoms with van der Waals surface area (Å²) in [5.41, 5.74) is 2.35. The fourth-order valence-corrected chi connectivity index (χ4v) is 3.44. The van der Waals surface area contributed by atoms with Gasteiger partial charge in [-0.3, -0.25) is 0 Å². The molecule has 0 saturated carbocycles. The maximum atomic E-state index is 10.0. The largest absolute Gasteiger partial charge is 0.388 e. The molecular formula is C14H15BrOS. The van der Waals surface area contributed by atoms with E-state index in [9.17, 15) is 5.11 Å². The van der Waals surface area contributed by atoms with E-state index in [2.05, 4.69) is 40.2 Å². The van der Waals surface area contributed by atoms with Crippen molar-refractivity contribution in [1.29, 1.82) is 0 Å². The Balaban J connectivity index is 1.81. The lowest BCUT2D eigenvalue weighted by atomic mass is 10.0. The Hall–Kier alpha value is -0.640. The summed E-state index contributed by atoms with van der Waals surface area (Å²) in [4.78, 5) is 0. The van der Waals surface area contributed by atoms with E-state index in [0.717, 1.165) is 29.3 Å². The number of aryl methyl sites for hydroxylation is 1. The number of rotatable bonds is 5. The van der Waals surface area contributed by atoms with Crippen molar-refractivity contribution in [2.45, 2.75) is 25.4 Å². The van der Waals surface area contributed by atoms with Crippen molar-refractivity contribution in [3.63, 3.8) is 0 Å². The Morgan fingerprint density at radius 3 is 2.59 bits per heavy atom. The maximum absolute atomic E-state index is 10.0. The molecule has 0 spiro atoms. The van der Waals surface area contributed by atoms with Gasteiger partial charge in [0.05, 0.1) is 6.10 Å². The first-order valence-corrected chi connectivity index (χ1v) is 7.44. The van der Waals surface area contributed by atoms with E-state index in [0.29, 0.717) is 0 Å². The van der Waals surface area contributed by atoms with Gasteiger partial charge < -0.3 is 5.11 Å². The van der Waals surface area contributed by atoms with E-state index in [1.807, 2.05) is 16.8 Å². The minimum atomic E-state index is -0.348. The molecule has 0 bridgehead atoms. The first kappa shape index (κ1) is 12.8. The first-order chi connectivity index (χ1) is 8.27. The van der Waals surface area contributed by atoms with Gasteiger partial charge in [0.25, 0.3) is 0 Å². The van der Waals surface area contributed by atoms with Crippen molar-refractivity contribution in [2.24, 2.45) is 0 Å². The molecular weight excluding hydrogens is 296 g/mol. The highest BCUT2D eigenvalue weighted by atomic mass is 79.9. The normalized spacial score (nSPS) is 12.6. The van der Waals surface area contributed by atoms with Crippen LogP contribution in [-0.4, -0.2) is 5.11 Å². The highest BCUT2D eigenvalue weighted by Crippen LogP contribution is 2.30. The summed E-state index contributed by atoms with van der Waals surface area (Å²) in [6.45, 7) is 0. The number of halogens is 1. The Morgan fingerprint density at radius 1 is 1.18 bits per heavy atom. The summed E-state index contributed by atoms with van der Waals surface area (Å²) in [5.74, 6) is 0. The Kier molecular flexibility index (Phi) is 4.77. The smallest absolute Gasteiger partial charge is 0.0809 e. The summed E-state index contributed by atoms with van der Waals surface area (Å²) in [6, 6.07) is 10.4. The molecule has 1 aromatic carbocycles. The lowest BCUT2D eigenvalue weighted by molar-refractivity contribution is 0.164. The fourth-order valence-electron chi connectivity index (χ4n) is 1.83. The molecule has 0 amide bonds. The average molecular weight is 311 g/mol. The van der Waals surface area contributed by atoms with Gasteiger partial charge in [-0.05, 0) is 46.1 Å². The molecule has 1 N–H and O–H groups in total. The van der Waals surface area contributed by atoms with Crippen LogP contribution in [0.2, 0.25) is 0 Å². The molecule has 2 rings (SSSR count). The summed E-state index contributed by atoms with van der Waals surface area (Å²) in [5, 5.41) is 14.1. The van der Waals surface area contributed by atoms with Gasteiger partial charge >= 0.3 is 0 Å². The number of hydrogen-bond donors (Lipinski definition) is 1. The van der Waals surface area contributed by atoms with Crippen LogP contribution in [0.5, 0.6) is 0 Å². The lowest BCUT2D eigenvalue weighted by Gasteiger charge is -2.09. The molecule has 1 nitrogen and oxygen atoms in total. The second kappa shape index (κ2) is 6.34. The zero-order valence-electron chi connectivity index (χ0n) is 9.47. The molecule has 1 aromatic heterocycles.